The summed E-state index contributed by atoms with van der Waals surface area (Å²) in [6.07, 6.45) is 2.34. The standard InChI is InChI=1S/C19H23NO3/c1-3-4-11-20(16-6-8-17(21-2)9-7-16)13-15-5-10-18-19(12-15)23-14-22-18/h5-10,12H,3-4,11,13-14H2,1-2H3. The van der Waals surface area contributed by atoms with E-state index in [1.807, 2.05) is 18.2 Å². The number of nitrogens with zero attached hydrogens (tertiary/aromatic N) is 1. The Morgan fingerprint density at radius 3 is 2.57 bits per heavy atom. The Morgan fingerprint density at radius 1 is 1.04 bits per heavy atom. The zero-order chi connectivity index (χ0) is 16.1. The van der Waals surface area contributed by atoms with Crippen LogP contribution < -0.4 is 19.1 Å². The lowest BCUT2D eigenvalue weighted by Crippen LogP contribution is -2.23. The van der Waals surface area contributed by atoms with Crippen molar-refractivity contribution in [2.24, 2.45) is 0 Å². The second-order valence-electron chi connectivity index (χ2n) is 5.66. The summed E-state index contributed by atoms with van der Waals surface area (Å²) in [7, 11) is 1.69. The predicted molar refractivity (Wildman–Crippen MR) is 91.5 cm³/mol. The van der Waals surface area contributed by atoms with Gasteiger partial charge in [-0.25, -0.2) is 0 Å². The highest BCUT2D eigenvalue weighted by atomic mass is 16.7. The first-order valence-electron chi connectivity index (χ1n) is 8.07. The van der Waals surface area contributed by atoms with E-state index in [1.54, 1.807) is 7.11 Å². The SMILES string of the molecule is CCCCN(Cc1ccc2c(c1)OCO2)c1ccc(OC)cc1. The number of rotatable bonds is 7. The van der Waals surface area contributed by atoms with E-state index in [4.69, 9.17) is 14.2 Å². The fourth-order valence-electron chi connectivity index (χ4n) is 2.70. The van der Waals surface area contributed by atoms with Gasteiger partial charge < -0.3 is 19.1 Å². The lowest BCUT2D eigenvalue weighted by atomic mass is 10.1. The van der Waals surface area contributed by atoms with Crippen LogP contribution in [0.1, 0.15) is 25.3 Å². The minimum atomic E-state index is 0.316. The van der Waals surface area contributed by atoms with Gasteiger partial charge in [0.1, 0.15) is 5.75 Å². The average Bonchev–Trinajstić information content (AvgIpc) is 3.06. The Morgan fingerprint density at radius 2 is 1.83 bits per heavy atom. The number of hydrogen-bond donors (Lipinski definition) is 0. The number of unbranched alkanes of at least 4 members (excludes halogenated alkanes) is 1. The highest BCUT2D eigenvalue weighted by Gasteiger charge is 2.15. The first-order chi connectivity index (χ1) is 11.3. The molecule has 0 amide bonds. The fourth-order valence-corrected chi connectivity index (χ4v) is 2.70. The minimum Gasteiger partial charge on any atom is -0.497 e. The molecule has 3 rings (SSSR count). The molecule has 2 aromatic carbocycles. The highest BCUT2D eigenvalue weighted by molar-refractivity contribution is 5.51. The third-order valence-corrected chi connectivity index (χ3v) is 4.03. The molecule has 1 aliphatic rings. The van der Waals surface area contributed by atoms with E-state index < -0.39 is 0 Å². The summed E-state index contributed by atoms with van der Waals surface area (Å²) in [6, 6.07) is 14.4. The van der Waals surface area contributed by atoms with Gasteiger partial charge in [0.05, 0.1) is 7.11 Å². The van der Waals surface area contributed by atoms with Gasteiger partial charge in [-0.2, -0.15) is 0 Å². The number of benzene rings is 2. The van der Waals surface area contributed by atoms with Crippen LogP contribution in [0.4, 0.5) is 5.69 Å². The summed E-state index contributed by atoms with van der Waals surface area (Å²) in [5.41, 5.74) is 2.43. The van der Waals surface area contributed by atoms with E-state index >= 15 is 0 Å². The van der Waals surface area contributed by atoms with Crippen LogP contribution in [0.5, 0.6) is 17.2 Å². The Kier molecular flexibility index (Phi) is 4.91. The van der Waals surface area contributed by atoms with Gasteiger partial charge in [-0.1, -0.05) is 19.4 Å². The molecular formula is C19H23NO3. The second-order valence-corrected chi connectivity index (χ2v) is 5.66. The predicted octanol–water partition coefficient (Wildman–Crippen LogP) is 4.23. The van der Waals surface area contributed by atoms with Gasteiger partial charge in [0.25, 0.3) is 0 Å². The molecule has 2 aromatic rings. The van der Waals surface area contributed by atoms with Crippen LogP contribution in [-0.4, -0.2) is 20.4 Å². The molecule has 4 nitrogen and oxygen atoms in total. The summed E-state index contributed by atoms with van der Waals surface area (Å²) in [5.74, 6) is 2.55. The molecule has 23 heavy (non-hydrogen) atoms. The lowest BCUT2D eigenvalue weighted by molar-refractivity contribution is 0.174. The summed E-state index contributed by atoms with van der Waals surface area (Å²) in [4.78, 5) is 2.39. The third kappa shape index (κ3) is 3.70. The molecule has 0 saturated carbocycles. The molecule has 0 unspecified atom stereocenters. The van der Waals surface area contributed by atoms with Crippen molar-refractivity contribution in [2.45, 2.75) is 26.3 Å². The first-order valence-corrected chi connectivity index (χ1v) is 8.07. The molecule has 0 aliphatic carbocycles. The van der Waals surface area contributed by atoms with E-state index in [0.717, 1.165) is 36.8 Å². The van der Waals surface area contributed by atoms with Crippen molar-refractivity contribution in [2.75, 3.05) is 25.3 Å². The van der Waals surface area contributed by atoms with E-state index in [2.05, 4.69) is 36.1 Å². The molecule has 0 radical (unpaired) electrons. The first kappa shape index (κ1) is 15.5. The largest absolute Gasteiger partial charge is 0.497 e. The second kappa shape index (κ2) is 7.27. The maximum Gasteiger partial charge on any atom is 0.231 e. The van der Waals surface area contributed by atoms with Gasteiger partial charge in [-0.3, -0.25) is 0 Å². The molecule has 0 atom stereocenters. The normalized spacial score (nSPS) is 12.3. The average molecular weight is 313 g/mol. The molecule has 0 fully saturated rings. The Balaban J connectivity index is 1.77. The molecule has 1 heterocycles. The number of ether oxygens (including phenoxy) is 3. The summed E-state index contributed by atoms with van der Waals surface area (Å²) in [5, 5.41) is 0. The van der Waals surface area contributed by atoms with Crippen LogP contribution in [0.3, 0.4) is 0 Å². The van der Waals surface area contributed by atoms with Crippen LogP contribution in [0.15, 0.2) is 42.5 Å². The Bertz CT molecular complexity index is 640. The number of fused-ring (bicyclic) bond motifs is 1. The molecule has 0 bridgehead atoms. The maximum absolute atomic E-state index is 5.48. The van der Waals surface area contributed by atoms with Crippen LogP contribution in [0.2, 0.25) is 0 Å². The molecule has 0 spiro atoms. The van der Waals surface area contributed by atoms with Crippen molar-refractivity contribution in [3.8, 4) is 17.2 Å². The van der Waals surface area contributed by atoms with Crippen LogP contribution >= 0.6 is 0 Å². The van der Waals surface area contributed by atoms with Crippen LogP contribution in [0, 0.1) is 0 Å². The van der Waals surface area contributed by atoms with Crippen molar-refractivity contribution in [1.82, 2.24) is 0 Å². The number of hydrogen-bond acceptors (Lipinski definition) is 4. The summed E-state index contributed by atoms with van der Waals surface area (Å²) in [6.45, 7) is 4.41. The highest BCUT2D eigenvalue weighted by Crippen LogP contribution is 2.33. The van der Waals surface area contributed by atoms with E-state index in [-0.39, 0.29) is 0 Å². The van der Waals surface area contributed by atoms with Gasteiger partial charge in [0, 0.05) is 18.8 Å². The molecule has 0 aromatic heterocycles. The molecular weight excluding hydrogens is 290 g/mol. The Labute approximate surface area is 137 Å². The van der Waals surface area contributed by atoms with Crippen molar-refractivity contribution >= 4 is 5.69 Å². The monoisotopic (exact) mass is 313 g/mol. The summed E-state index contributed by atoms with van der Waals surface area (Å²) >= 11 is 0. The van der Waals surface area contributed by atoms with Crippen molar-refractivity contribution in [1.29, 1.82) is 0 Å². The van der Waals surface area contributed by atoms with Gasteiger partial charge in [0.15, 0.2) is 11.5 Å². The topological polar surface area (TPSA) is 30.9 Å². The van der Waals surface area contributed by atoms with Crippen LogP contribution in [0.25, 0.3) is 0 Å². The van der Waals surface area contributed by atoms with Gasteiger partial charge >= 0.3 is 0 Å². The van der Waals surface area contributed by atoms with E-state index in [0.29, 0.717) is 6.79 Å². The molecule has 4 heteroatoms. The van der Waals surface area contributed by atoms with Crippen LogP contribution in [-0.2, 0) is 6.54 Å². The van der Waals surface area contributed by atoms with Crippen molar-refractivity contribution in [3.05, 3.63) is 48.0 Å². The summed E-state index contributed by atoms with van der Waals surface area (Å²) < 4.78 is 16.1. The molecule has 0 saturated heterocycles. The zero-order valence-corrected chi connectivity index (χ0v) is 13.7. The van der Waals surface area contributed by atoms with Gasteiger partial charge in [0.2, 0.25) is 6.79 Å². The van der Waals surface area contributed by atoms with Gasteiger partial charge in [-0.15, -0.1) is 0 Å². The fraction of sp³-hybridized carbons (Fsp3) is 0.368. The van der Waals surface area contributed by atoms with E-state index in [9.17, 15) is 0 Å². The molecule has 1 aliphatic heterocycles. The minimum absolute atomic E-state index is 0.316. The number of methoxy groups -OCH3 is 1. The number of anilines is 1. The lowest BCUT2D eigenvalue weighted by Gasteiger charge is -2.25. The third-order valence-electron chi connectivity index (χ3n) is 4.03. The van der Waals surface area contributed by atoms with Crippen molar-refractivity contribution < 1.29 is 14.2 Å². The van der Waals surface area contributed by atoms with Gasteiger partial charge in [-0.05, 0) is 48.4 Å². The Hall–Kier alpha value is -2.36. The van der Waals surface area contributed by atoms with Crippen molar-refractivity contribution in [3.63, 3.8) is 0 Å². The maximum atomic E-state index is 5.48. The smallest absolute Gasteiger partial charge is 0.231 e. The van der Waals surface area contributed by atoms with E-state index in [1.165, 1.54) is 17.7 Å². The quantitative estimate of drug-likeness (QED) is 0.765. The molecule has 122 valence electrons. The molecule has 0 N–H and O–H groups in total. The zero-order valence-electron chi connectivity index (χ0n) is 13.7.